The van der Waals surface area contributed by atoms with Crippen molar-refractivity contribution in [1.82, 2.24) is 4.98 Å². The summed E-state index contributed by atoms with van der Waals surface area (Å²) in [6, 6.07) is 5.18. The molecule has 0 saturated heterocycles. The molecule has 0 spiro atoms. The van der Waals surface area contributed by atoms with E-state index in [4.69, 9.17) is 0 Å². The lowest BCUT2D eigenvalue weighted by atomic mass is 10.3. The van der Waals surface area contributed by atoms with Crippen molar-refractivity contribution in [3.8, 4) is 0 Å². The number of aromatic nitrogens is 1. The third-order valence-corrected chi connectivity index (χ3v) is 1.21. The molecule has 2 nitrogen and oxygen atoms in total. The van der Waals surface area contributed by atoms with Crippen LogP contribution >= 0.6 is 0 Å². The average molecular weight is 183 g/mol. The third-order valence-electron chi connectivity index (χ3n) is 1.21. The maximum atomic E-state index is 10.6. The van der Waals surface area contributed by atoms with Gasteiger partial charge < -0.3 is 4.98 Å². The first kappa shape index (κ1) is 14.5. The zero-order chi connectivity index (χ0) is 10.7. The Hall–Kier alpha value is -1.05. The first-order valence-electron chi connectivity index (χ1n) is 5.01. The molecule has 0 unspecified atom stereocenters. The number of pyridine rings is 1. The van der Waals surface area contributed by atoms with Gasteiger partial charge in [0.2, 0.25) is 5.56 Å². The minimum absolute atomic E-state index is 0.0191. The fourth-order valence-electron chi connectivity index (χ4n) is 0.699. The molecule has 0 aromatic carbocycles. The lowest BCUT2D eigenvalue weighted by molar-refractivity contribution is 1.01. The SMILES string of the molecule is CC.CC.CCc1cccc(=O)[nH]1. The second-order valence-electron chi connectivity index (χ2n) is 1.89. The first-order valence-corrected chi connectivity index (χ1v) is 5.01. The fraction of sp³-hybridized carbons (Fsp3) is 0.545. The lowest BCUT2D eigenvalue weighted by Crippen LogP contribution is -2.04. The highest BCUT2D eigenvalue weighted by atomic mass is 16.1. The molecule has 13 heavy (non-hydrogen) atoms. The Morgan fingerprint density at radius 3 is 2.00 bits per heavy atom. The van der Waals surface area contributed by atoms with Crippen molar-refractivity contribution in [2.45, 2.75) is 41.0 Å². The van der Waals surface area contributed by atoms with E-state index in [1.54, 1.807) is 6.07 Å². The van der Waals surface area contributed by atoms with Crippen LogP contribution in [0.4, 0.5) is 0 Å². The highest BCUT2D eigenvalue weighted by molar-refractivity contribution is 5.02. The number of aryl methyl sites for hydroxylation is 1. The number of aromatic amines is 1. The third kappa shape index (κ3) is 7.32. The maximum Gasteiger partial charge on any atom is 0.248 e. The van der Waals surface area contributed by atoms with Gasteiger partial charge in [0.15, 0.2) is 0 Å². The zero-order valence-electron chi connectivity index (χ0n) is 9.35. The summed E-state index contributed by atoms with van der Waals surface area (Å²) >= 11 is 0. The number of rotatable bonds is 1. The molecular formula is C11H21NO. The van der Waals surface area contributed by atoms with Crippen molar-refractivity contribution in [2.24, 2.45) is 0 Å². The van der Waals surface area contributed by atoms with Crippen LogP contribution in [0.5, 0.6) is 0 Å². The molecular weight excluding hydrogens is 162 g/mol. The van der Waals surface area contributed by atoms with Crippen LogP contribution < -0.4 is 5.56 Å². The van der Waals surface area contributed by atoms with Crippen molar-refractivity contribution in [2.75, 3.05) is 0 Å². The molecule has 1 aromatic rings. The molecule has 0 aliphatic carbocycles. The summed E-state index contributed by atoms with van der Waals surface area (Å²) in [5.74, 6) is 0. The van der Waals surface area contributed by atoms with Crippen LogP contribution in [-0.2, 0) is 6.42 Å². The Labute approximate surface area is 81.0 Å². The molecule has 0 atom stereocenters. The summed E-state index contributed by atoms with van der Waals surface area (Å²) < 4.78 is 0. The van der Waals surface area contributed by atoms with E-state index >= 15 is 0 Å². The molecule has 0 radical (unpaired) electrons. The van der Waals surface area contributed by atoms with Crippen molar-refractivity contribution in [3.63, 3.8) is 0 Å². The molecule has 1 rings (SSSR count). The molecule has 1 heterocycles. The smallest absolute Gasteiger partial charge is 0.248 e. The average Bonchev–Trinajstić information content (AvgIpc) is 2.24. The summed E-state index contributed by atoms with van der Waals surface area (Å²) in [6.45, 7) is 10.0. The lowest BCUT2D eigenvalue weighted by Gasteiger charge is -1.90. The fourth-order valence-corrected chi connectivity index (χ4v) is 0.699. The highest BCUT2D eigenvalue weighted by Crippen LogP contribution is 1.88. The van der Waals surface area contributed by atoms with E-state index in [9.17, 15) is 4.79 Å². The minimum Gasteiger partial charge on any atom is -0.326 e. The Morgan fingerprint density at radius 2 is 1.69 bits per heavy atom. The van der Waals surface area contributed by atoms with Gasteiger partial charge in [0.25, 0.3) is 0 Å². The van der Waals surface area contributed by atoms with Gasteiger partial charge in [0.1, 0.15) is 0 Å². The Kier molecular flexibility index (Phi) is 12.2. The molecule has 0 aliphatic heterocycles. The van der Waals surface area contributed by atoms with Crippen LogP contribution in [-0.4, -0.2) is 4.98 Å². The van der Waals surface area contributed by atoms with Gasteiger partial charge in [-0.25, -0.2) is 0 Å². The summed E-state index contributed by atoms with van der Waals surface area (Å²) in [7, 11) is 0. The predicted octanol–water partition coefficient (Wildman–Crippen LogP) is 2.99. The van der Waals surface area contributed by atoms with Gasteiger partial charge in [-0.05, 0) is 12.5 Å². The second-order valence-corrected chi connectivity index (χ2v) is 1.89. The molecule has 0 amide bonds. The van der Waals surface area contributed by atoms with Gasteiger partial charge in [-0.3, -0.25) is 4.79 Å². The summed E-state index contributed by atoms with van der Waals surface area (Å²) in [5.41, 5.74) is 0.969. The van der Waals surface area contributed by atoms with Gasteiger partial charge in [0.05, 0.1) is 0 Å². The largest absolute Gasteiger partial charge is 0.326 e. The monoisotopic (exact) mass is 183 g/mol. The molecule has 1 N–H and O–H groups in total. The number of hydrogen-bond acceptors (Lipinski definition) is 1. The van der Waals surface area contributed by atoms with Gasteiger partial charge in [-0.15, -0.1) is 0 Å². The normalized spacial score (nSPS) is 7.46. The molecule has 1 aromatic heterocycles. The van der Waals surface area contributed by atoms with Crippen LogP contribution in [0.2, 0.25) is 0 Å². The molecule has 0 fully saturated rings. The molecule has 0 saturated carbocycles. The van der Waals surface area contributed by atoms with Crippen LogP contribution in [0.1, 0.15) is 40.3 Å². The maximum absolute atomic E-state index is 10.6. The number of hydrogen-bond donors (Lipinski definition) is 1. The Balaban J connectivity index is 0. The summed E-state index contributed by atoms with van der Waals surface area (Å²) in [6.07, 6.45) is 0.885. The van der Waals surface area contributed by atoms with Gasteiger partial charge >= 0.3 is 0 Å². The number of H-pyrrole nitrogens is 1. The topological polar surface area (TPSA) is 32.9 Å². The molecule has 2 heteroatoms. The van der Waals surface area contributed by atoms with E-state index in [1.165, 1.54) is 6.07 Å². The van der Waals surface area contributed by atoms with E-state index in [-0.39, 0.29) is 5.56 Å². The van der Waals surface area contributed by atoms with Gasteiger partial charge in [-0.2, -0.15) is 0 Å². The molecule has 76 valence electrons. The second kappa shape index (κ2) is 11.0. The predicted molar refractivity (Wildman–Crippen MR) is 59.1 cm³/mol. The van der Waals surface area contributed by atoms with Crippen LogP contribution in [0.25, 0.3) is 0 Å². The van der Waals surface area contributed by atoms with Gasteiger partial charge in [0, 0.05) is 11.8 Å². The van der Waals surface area contributed by atoms with E-state index < -0.39 is 0 Å². The van der Waals surface area contributed by atoms with Crippen molar-refractivity contribution < 1.29 is 0 Å². The molecule has 0 bridgehead atoms. The standard InChI is InChI=1S/C7H9NO.2C2H6/c1-2-6-4-3-5-7(9)8-6;2*1-2/h3-5H,2H2,1H3,(H,8,9);2*1-2H3. The number of nitrogens with one attached hydrogen (secondary N) is 1. The van der Waals surface area contributed by atoms with Crippen molar-refractivity contribution in [3.05, 3.63) is 34.2 Å². The zero-order valence-corrected chi connectivity index (χ0v) is 9.35. The quantitative estimate of drug-likeness (QED) is 0.713. The van der Waals surface area contributed by atoms with Crippen molar-refractivity contribution >= 4 is 0 Å². The van der Waals surface area contributed by atoms with Crippen LogP contribution in [0.3, 0.4) is 0 Å². The molecule has 0 aliphatic rings. The highest BCUT2D eigenvalue weighted by Gasteiger charge is 1.85. The van der Waals surface area contributed by atoms with E-state index in [2.05, 4.69) is 4.98 Å². The summed E-state index contributed by atoms with van der Waals surface area (Å²) in [4.78, 5) is 13.3. The summed E-state index contributed by atoms with van der Waals surface area (Å²) in [5, 5.41) is 0. The van der Waals surface area contributed by atoms with Crippen LogP contribution in [0.15, 0.2) is 23.0 Å². The first-order chi connectivity index (χ1) is 6.33. The van der Waals surface area contributed by atoms with Crippen molar-refractivity contribution in [1.29, 1.82) is 0 Å². The van der Waals surface area contributed by atoms with E-state index in [1.807, 2.05) is 40.7 Å². The van der Waals surface area contributed by atoms with Crippen LogP contribution in [0, 0.1) is 0 Å². The Bertz CT molecular complexity index is 240. The van der Waals surface area contributed by atoms with E-state index in [0.717, 1.165) is 12.1 Å². The van der Waals surface area contributed by atoms with Gasteiger partial charge in [-0.1, -0.05) is 40.7 Å². The Morgan fingerprint density at radius 1 is 1.15 bits per heavy atom. The van der Waals surface area contributed by atoms with E-state index in [0.29, 0.717) is 0 Å². The minimum atomic E-state index is -0.0191.